The molecule has 0 N–H and O–H groups in total. The van der Waals surface area contributed by atoms with Crippen molar-refractivity contribution in [3.63, 3.8) is 0 Å². The van der Waals surface area contributed by atoms with Gasteiger partial charge in [0.25, 0.3) is 0 Å². The minimum atomic E-state index is -1.26. The smallest absolute Gasteiger partial charge is 0.337 e. The summed E-state index contributed by atoms with van der Waals surface area (Å²) in [6, 6.07) is -2.52. The quantitative estimate of drug-likeness (QED) is 0.256. The summed E-state index contributed by atoms with van der Waals surface area (Å²) in [6.45, 7) is 3.92. The molecule has 5 aliphatic rings. The number of hydrogen-bond donors (Lipinski definition) is 0. The molecule has 5 fully saturated rings. The van der Waals surface area contributed by atoms with E-state index in [0.717, 1.165) is 52.2 Å². The minimum Gasteiger partial charge on any atom is -0.464 e. The Balaban J connectivity index is 1.25. The van der Waals surface area contributed by atoms with Gasteiger partial charge in [0.15, 0.2) is 0 Å². The summed E-state index contributed by atoms with van der Waals surface area (Å²) in [5.74, 6) is -1.15. The topological polar surface area (TPSA) is 156 Å². The van der Waals surface area contributed by atoms with Crippen LogP contribution in [0.1, 0.15) is 77.3 Å². The van der Waals surface area contributed by atoms with Crippen LogP contribution in [0, 0.1) is 11.8 Å². The van der Waals surface area contributed by atoms with Gasteiger partial charge in [-0.2, -0.15) is 0 Å². The lowest BCUT2D eigenvalue weighted by Gasteiger charge is -2.24. The molecule has 0 aromatic carbocycles. The Kier molecular flexibility index (Phi) is 7.94. The number of esters is 2. The van der Waals surface area contributed by atoms with Crippen LogP contribution in [0.4, 0.5) is 0 Å². The van der Waals surface area contributed by atoms with Gasteiger partial charge >= 0.3 is 29.0 Å². The molecule has 4 heterocycles. The molecule has 6 rings (SSSR count). The second kappa shape index (κ2) is 11.5. The largest absolute Gasteiger partial charge is 0.464 e. The molecule has 13 heteroatoms. The van der Waals surface area contributed by atoms with E-state index in [0.29, 0.717) is 18.8 Å². The van der Waals surface area contributed by atoms with Gasteiger partial charge in [-0.05, 0) is 63.2 Å². The monoisotopic (exact) mass is 577 g/mol. The number of rotatable bonds is 12. The highest BCUT2D eigenvalue weighted by Crippen LogP contribution is 2.40. The second-order valence-corrected chi connectivity index (χ2v) is 12.0. The molecule has 2 saturated carbocycles. The summed E-state index contributed by atoms with van der Waals surface area (Å²) < 4.78 is 29.9. The fourth-order valence-corrected chi connectivity index (χ4v) is 6.47. The van der Waals surface area contributed by atoms with Crippen molar-refractivity contribution in [3.8, 4) is 0 Å². The molecule has 226 valence electrons. The highest BCUT2D eigenvalue weighted by Gasteiger charge is 2.45. The van der Waals surface area contributed by atoms with Gasteiger partial charge in [-0.15, -0.1) is 0 Å². The van der Waals surface area contributed by atoms with E-state index in [1.807, 2.05) is 0 Å². The van der Waals surface area contributed by atoms with Crippen molar-refractivity contribution in [3.05, 3.63) is 31.5 Å². The maximum absolute atomic E-state index is 13.8. The standard InChI is InChI=1S/C28H39N3O10/c1-3-18(24(32)38-12-15-5-7-20-22(9-15)40-20)30-26(34)29(11-17-14-37-17)27(35)31(28(30)36)19(4-2)25(33)39-13-16-6-8-21-23(10-16)41-21/h15-23H,3-14H2,1-2H3. The third-order valence-electron chi connectivity index (χ3n) is 9.16. The molecule has 2 aliphatic carbocycles. The normalized spacial score (nSPS) is 32.7. The number of carbonyl (C=O) groups excluding carboxylic acids is 2. The Morgan fingerprint density at radius 1 is 0.756 bits per heavy atom. The van der Waals surface area contributed by atoms with Crippen molar-refractivity contribution in [1.29, 1.82) is 0 Å². The summed E-state index contributed by atoms with van der Waals surface area (Å²) in [6.07, 6.45) is 6.10. The second-order valence-electron chi connectivity index (χ2n) is 12.0. The zero-order chi connectivity index (χ0) is 28.8. The molecule has 9 atom stereocenters. The van der Waals surface area contributed by atoms with Gasteiger partial charge in [0.1, 0.15) is 12.1 Å². The molecule has 9 unspecified atom stereocenters. The van der Waals surface area contributed by atoms with Crippen LogP contribution in [0.15, 0.2) is 14.4 Å². The maximum atomic E-state index is 13.8. The molecular weight excluding hydrogens is 538 g/mol. The van der Waals surface area contributed by atoms with E-state index in [9.17, 15) is 24.0 Å². The summed E-state index contributed by atoms with van der Waals surface area (Å²) in [5.41, 5.74) is -2.88. The van der Waals surface area contributed by atoms with E-state index >= 15 is 0 Å². The average molecular weight is 578 g/mol. The molecule has 3 saturated heterocycles. The van der Waals surface area contributed by atoms with Crippen molar-refractivity contribution in [2.24, 2.45) is 11.8 Å². The lowest BCUT2D eigenvalue weighted by Crippen LogP contribution is -2.58. The number of ether oxygens (including phenoxy) is 5. The third kappa shape index (κ3) is 5.94. The number of fused-ring (bicyclic) bond motifs is 2. The Labute approximate surface area is 236 Å². The van der Waals surface area contributed by atoms with Crippen molar-refractivity contribution in [2.45, 2.75) is 114 Å². The van der Waals surface area contributed by atoms with Crippen LogP contribution in [0.2, 0.25) is 0 Å². The lowest BCUT2D eigenvalue weighted by atomic mass is 9.90. The van der Waals surface area contributed by atoms with Crippen molar-refractivity contribution >= 4 is 11.9 Å². The van der Waals surface area contributed by atoms with E-state index in [2.05, 4.69) is 0 Å². The van der Waals surface area contributed by atoms with Crippen molar-refractivity contribution in [1.82, 2.24) is 13.7 Å². The van der Waals surface area contributed by atoms with Gasteiger partial charge in [0.05, 0.1) is 56.9 Å². The number of aromatic nitrogens is 3. The van der Waals surface area contributed by atoms with E-state index in [-0.39, 0.29) is 62.7 Å². The average Bonchev–Trinajstić information content (AvgIpc) is 3.84. The van der Waals surface area contributed by atoms with Gasteiger partial charge < -0.3 is 23.7 Å². The maximum Gasteiger partial charge on any atom is 0.337 e. The van der Waals surface area contributed by atoms with Crippen LogP contribution < -0.4 is 17.1 Å². The van der Waals surface area contributed by atoms with Gasteiger partial charge in [0.2, 0.25) is 0 Å². The first-order valence-electron chi connectivity index (χ1n) is 15.0. The van der Waals surface area contributed by atoms with E-state index in [4.69, 9.17) is 23.7 Å². The molecule has 1 aromatic heterocycles. The number of nitrogens with zero attached hydrogens (tertiary/aromatic N) is 3. The highest BCUT2D eigenvalue weighted by molar-refractivity contribution is 5.75. The Bertz CT molecular complexity index is 1260. The molecule has 13 nitrogen and oxygen atoms in total. The third-order valence-corrected chi connectivity index (χ3v) is 9.16. The lowest BCUT2D eigenvalue weighted by molar-refractivity contribution is -0.149. The summed E-state index contributed by atoms with van der Waals surface area (Å²) >= 11 is 0. The molecule has 0 spiro atoms. The summed E-state index contributed by atoms with van der Waals surface area (Å²) in [5, 5.41) is 0. The van der Waals surface area contributed by atoms with Crippen LogP contribution in [-0.2, 0) is 39.8 Å². The summed E-state index contributed by atoms with van der Waals surface area (Å²) in [7, 11) is 0. The van der Waals surface area contributed by atoms with Crippen molar-refractivity contribution in [2.75, 3.05) is 19.8 Å². The fraction of sp³-hybridized carbons (Fsp3) is 0.821. The van der Waals surface area contributed by atoms with Gasteiger partial charge in [-0.3, -0.25) is 0 Å². The minimum absolute atomic E-state index is 0.0811. The molecule has 0 amide bonds. The van der Waals surface area contributed by atoms with Crippen LogP contribution in [-0.4, -0.2) is 76.0 Å². The Hall–Kier alpha value is -2.77. The Morgan fingerprint density at radius 3 is 1.61 bits per heavy atom. The molecule has 41 heavy (non-hydrogen) atoms. The fourth-order valence-electron chi connectivity index (χ4n) is 6.47. The molecule has 3 aliphatic heterocycles. The van der Waals surface area contributed by atoms with Crippen LogP contribution in [0.3, 0.4) is 0 Å². The van der Waals surface area contributed by atoms with Gasteiger partial charge in [0, 0.05) is 0 Å². The van der Waals surface area contributed by atoms with E-state index in [1.54, 1.807) is 13.8 Å². The van der Waals surface area contributed by atoms with Crippen LogP contribution in [0.25, 0.3) is 0 Å². The first-order chi connectivity index (χ1) is 19.8. The SMILES string of the molecule is CCC(C(=O)OCC1CCC2OC2C1)n1c(=O)n(CC2CO2)c(=O)n(C(CC)C(=O)OCC2CCC3OC3C2)c1=O. The molecule has 1 aromatic rings. The molecule has 0 radical (unpaired) electrons. The zero-order valence-electron chi connectivity index (χ0n) is 23.6. The van der Waals surface area contributed by atoms with E-state index < -0.39 is 41.1 Å². The predicted molar refractivity (Wildman–Crippen MR) is 142 cm³/mol. The summed E-state index contributed by atoms with van der Waals surface area (Å²) in [4.78, 5) is 67.4. The number of hydrogen-bond acceptors (Lipinski definition) is 10. The molecule has 0 bridgehead atoms. The van der Waals surface area contributed by atoms with Crippen molar-refractivity contribution < 1.29 is 33.3 Å². The highest BCUT2D eigenvalue weighted by atomic mass is 16.6. The predicted octanol–water partition coefficient (Wildman–Crippen LogP) is 0.694. The first kappa shape index (κ1) is 28.4. The number of carbonyl (C=O) groups is 2. The van der Waals surface area contributed by atoms with Crippen LogP contribution in [0.5, 0.6) is 0 Å². The van der Waals surface area contributed by atoms with Crippen LogP contribution >= 0.6 is 0 Å². The van der Waals surface area contributed by atoms with Gasteiger partial charge in [-0.25, -0.2) is 37.7 Å². The van der Waals surface area contributed by atoms with Gasteiger partial charge in [-0.1, -0.05) is 13.8 Å². The van der Waals surface area contributed by atoms with E-state index in [1.165, 1.54) is 0 Å². The Morgan fingerprint density at radius 2 is 1.22 bits per heavy atom. The zero-order valence-corrected chi connectivity index (χ0v) is 23.6. The first-order valence-corrected chi connectivity index (χ1v) is 15.0. The molecular formula is C28H39N3O10. The number of epoxide rings is 3.